The van der Waals surface area contributed by atoms with Gasteiger partial charge in [0, 0.05) is 32.2 Å². The predicted octanol–water partition coefficient (Wildman–Crippen LogP) is 2.00. The minimum atomic E-state index is 0.0911. The molecule has 3 rings (SSSR count). The van der Waals surface area contributed by atoms with E-state index in [1.165, 1.54) is 5.56 Å². The third kappa shape index (κ3) is 3.23. The number of nitrogens with one attached hydrogen (secondary N) is 1. The lowest BCUT2D eigenvalue weighted by Gasteiger charge is -2.36. The molecule has 1 aliphatic heterocycles. The summed E-state index contributed by atoms with van der Waals surface area (Å²) in [5.74, 6) is 0.900. The first-order valence-corrected chi connectivity index (χ1v) is 7.62. The van der Waals surface area contributed by atoms with E-state index in [9.17, 15) is 4.79 Å². The fourth-order valence-corrected chi connectivity index (χ4v) is 2.69. The Hall–Kier alpha value is -1.91. The van der Waals surface area contributed by atoms with Crippen molar-refractivity contribution in [2.24, 2.45) is 0 Å². The molecular weight excluding hydrogens is 266 g/mol. The van der Waals surface area contributed by atoms with Gasteiger partial charge in [0.05, 0.1) is 12.8 Å². The van der Waals surface area contributed by atoms with Gasteiger partial charge >= 0.3 is 6.03 Å². The number of carbonyl (C=O) groups is 1. The lowest BCUT2D eigenvalue weighted by Crippen LogP contribution is -2.52. The summed E-state index contributed by atoms with van der Waals surface area (Å²) in [5.41, 5.74) is 2.35. The molecule has 0 spiro atoms. The van der Waals surface area contributed by atoms with E-state index in [-0.39, 0.29) is 6.03 Å². The molecule has 114 valence electrons. The second-order valence-corrected chi connectivity index (χ2v) is 5.87. The van der Waals surface area contributed by atoms with Gasteiger partial charge in [0.15, 0.2) is 0 Å². The highest BCUT2D eigenvalue weighted by molar-refractivity contribution is 5.75. The summed E-state index contributed by atoms with van der Waals surface area (Å²) < 4.78 is 5.45. The fraction of sp³-hybridized carbons (Fsp3) is 0.562. The number of piperazine rings is 1. The third-order valence-electron chi connectivity index (χ3n) is 4.15. The maximum absolute atomic E-state index is 12.0. The fourth-order valence-electron chi connectivity index (χ4n) is 2.69. The summed E-state index contributed by atoms with van der Waals surface area (Å²) >= 11 is 0. The Balaban J connectivity index is 1.62. The van der Waals surface area contributed by atoms with Crippen LogP contribution >= 0.6 is 0 Å². The summed E-state index contributed by atoms with van der Waals surface area (Å²) in [6.45, 7) is 5.30. The summed E-state index contributed by atoms with van der Waals surface area (Å²) in [4.78, 5) is 16.3. The number of anilines is 1. The van der Waals surface area contributed by atoms with E-state index in [1.807, 2.05) is 11.0 Å². The molecule has 1 aromatic rings. The molecule has 1 saturated carbocycles. The van der Waals surface area contributed by atoms with Gasteiger partial charge in [-0.3, -0.25) is 0 Å². The number of methoxy groups -OCH3 is 1. The second-order valence-electron chi connectivity index (χ2n) is 5.87. The number of aryl methyl sites for hydroxylation is 1. The predicted molar refractivity (Wildman–Crippen MR) is 83.1 cm³/mol. The van der Waals surface area contributed by atoms with Crippen molar-refractivity contribution in [3.63, 3.8) is 0 Å². The topological polar surface area (TPSA) is 44.8 Å². The molecule has 0 bridgehead atoms. The number of urea groups is 1. The highest BCUT2D eigenvalue weighted by Crippen LogP contribution is 2.30. The van der Waals surface area contributed by atoms with Crippen LogP contribution < -0.4 is 15.0 Å². The van der Waals surface area contributed by atoms with Crippen molar-refractivity contribution < 1.29 is 9.53 Å². The molecule has 0 aromatic heterocycles. The Morgan fingerprint density at radius 3 is 2.57 bits per heavy atom. The van der Waals surface area contributed by atoms with Gasteiger partial charge in [-0.05, 0) is 37.5 Å². The normalized spacial score (nSPS) is 18.6. The maximum Gasteiger partial charge on any atom is 0.317 e. The van der Waals surface area contributed by atoms with E-state index in [0.717, 1.165) is 50.5 Å². The average Bonchev–Trinajstić information content (AvgIpc) is 3.31. The van der Waals surface area contributed by atoms with Crippen LogP contribution in [0.4, 0.5) is 10.5 Å². The van der Waals surface area contributed by atoms with Crippen LogP contribution in [0.2, 0.25) is 0 Å². The quantitative estimate of drug-likeness (QED) is 0.925. The number of rotatable bonds is 3. The molecule has 1 N–H and O–H groups in total. The zero-order valence-corrected chi connectivity index (χ0v) is 12.8. The van der Waals surface area contributed by atoms with Crippen molar-refractivity contribution in [2.75, 3.05) is 38.2 Å². The number of carbonyl (C=O) groups excluding carboxylic acids is 1. The molecule has 1 aliphatic carbocycles. The molecule has 5 heteroatoms. The van der Waals surface area contributed by atoms with Crippen LogP contribution in [-0.2, 0) is 0 Å². The van der Waals surface area contributed by atoms with Crippen molar-refractivity contribution in [3.8, 4) is 5.75 Å². The van der Waals surface area contributed by atoms with Crippen molar-refractivity contribution in [1.82, 2.24) is 10.2 Å². The van der Waals surface area contributed by atoms with E-state index in [2.05, 4.69) is 29.3 Å². The summed E-state index contributed by atoms with van der Waals surface area (Å²) in [6.07, 6.45) is 2.26. The zero-order chi connectivity index (χ0) is 14.8. The molecule has 0 unspecified atom stereocenters. The number of amides is 2. The van der Waals surface area contributed by atoms with Crippen molar-refractivity contribution >= 4 is 11.7 Å². The first-order chi connectivity index (χ1) is 10.2. The minimum Gasteiger partial charge on any atom is -0.495 e. The van der Waals surface area contributed by atoms with Gasteiger partial charge in [-0.2, -0.15) is 0 Å². The molecule has 0 radical (unpaired) electrons. The highest BCUT2D eigenvalue weighted by Gasteiger charge is 2.28. The van der Waals surface area contributed by atoms with E-state index in [4.69, 9.17) is 4.74 Å². The van der Waals surface area contributed by atoms with Gasteiger partial charge in [-0.25, -0.2) is 4.79 Å². The van der Waals surface area contributed by atoms with Crippen LogP contribution in [0.5, 0.6) is 5.75 Å². The number of nitrogens with zero attached hydrogens (tertiary/aromatic N) is 2. The monoisotopic (exact) mass is 289 g/mol. The molecule has 1 aromatic carbocycles. The molecule has 1 saturated heterocycles. The highest BCUT2D eigenvalue weighted by atomic mass is 16.5. The van der Waals surface area contributed by atoms with Crippen LogP contribution in [0.25, 0.3) is 0 Å². The van der Waals surface area contributed by atoms with Crippen molar-refractivity contribution in [2.45, 2.75) is 25.8 Å². The summed E-state index contributed by atoms with van der Waals surface area (Å²) in [7, 11) is 1.70. The standard InChI is InChI=1S/C16H23N3O2/c1-12-3-6-15(21-2)14(11-12)18-7-9-19(10-8-18)16(20)17-13-4-5-13/h3,6,11,13H,4-5,7-10H2,1-2H3,(H,17,20). The number of benzene rings is 1. The molecular formula is C16H23N3O2. The first-order valence-electron chi connectivity index (χ1n) is 7.62. The van der Waals surface area contributed by atoms with Gasteiger partial charge in [-0.15, -0.1) is 0 Å². The Morgan fingerprint density at radius 1 is 1.24 bits per heavy atom. The zero-order valence-electron chi connectivity index (χ0n) is 12.8. The average molecular weight is 289 g/mol. The molecule has 1 heterocycles. The SMILES string of the molecule is COc1ccc(C)cc1N1CCN(C(=O)NC2CC2)CC1. The molecule has 5 nitrogen and oxygen atoms in total. The summed E-state index contributed by atoms with van der Waals surface area (Å²) in [5, 5.41) is 3.05. The number of hydrogen-bond acceptors (Lipinski definition) is 3. The molecule has 0 atom stereocenters. The first kappa shape index (κ1) is 14.0. The van der Waals surface area contributed by atoms with Crippen LogP contribution in [0, 0.1) is 6.92 Å². The van der Waals surface area contributed by atoms with Gasteiger partial charge in [-0.1, -0.05) is 6.07 Å². The van der Waals surface area contributed by atoms with E-state index < -0.39 is 0 Å². The lowest BCUT2D eigenvalue weighted by molar-refractivity contribution is 0.194. The third-order valence-corrected chi connectivity index (χ3v) is 4.15. The van der Waals surface area contributed by atoms with Crippen LogP contribution in [0.15, 0.2) is 18.2 Å². The van der Waals surface area contributed by atoms with E-state index in [1.54, 1.807) is 7.11 Å². The lowest BCUT2D eigenvalue weighted by atomic mass is 10.1. The Labute approximate surface area is 125 Å². The Kier molecular flexibility index (Phi) is 3.90. The van der Waals surface area contributed by atoms with Gasteiger partial charge < -0.3 is 19.9 Å². The molecule has 2 aliphatic rings. The number of ether oxygens (including phenoxy) is 1. The van der Waals surface area contributed by atoms with Gasteiger partial charge in [0.1, 0.15) is 5.75 Å². The maximum atomic E-state index is 12.0. The number of hydrogen-bond donors (Lipinski definition) is 1. The molecule has 2 fully saturated rings. The molecule has 21 heavy (non-hydrogen) atoms. The summed E-state index contributed by atoms with van der Waals surface area (Å²) in [6, 6.07) is 6.73. The second kappa shape index (κ2) is 5.84. The van der Waals surface area contributed by atoms with Crippen LogP contribution in [0.1, 0.15) is 18.4 Å². The van der Waals surface area contributed by atoms with Gasteiger partial charge in [0.2, 0.25) is 0 Å². The van der Waals surface area contributed by atoms with E-state index in [0.29, 0.717) is 6.04 Å². The molecule has 2 amide bonds. The largest absolute Gasteiger partial charge is 0.495 e. The van der Waals surface area contributed by atoms with Gasteiger partial charge in [0.25, 0.3) is 0 Å². The van der Waals surface area contributed by atoms with E-state index >= 15 is 0 Å². The van der Waals surface area contributed by atoms with Crippen LogP contribution in [0.3, 0.4) is 0 Å². The van der Waals surface area contributed by atoms with Crippen molar-refractivity contribution in [3.05, 3.63) is 23.8 Å². The van der Waals surface area contributed by atoms with Crippen LogP contribution in [-0.4, -0.2) is 50.3 Å². The Morgan fingerprint density at radius 2 is 1.95 bits per heavy atom. The Bertz CT molecular complexity index is 520. The van der Waals surface area contributed by atoms with Crippen molar-refractivity contribution in [1.29, 1.82) is 0 Å². The smallest absolute Gasteiger partial charge is 0.317 e. The minimum absolute atomic E-state index is 0.0911.